The minimum atomic E-state index is 0.879. The van der Waals surface area contributed by atoms with Gasteiger partial charge in [-0.2, -0.15) is 0 Å². The zero-order valence-electron chi connectivity index (χ0n) is 23.4. The van der Waals surface area contributed by atoms with Gasteiger partial charge in [0.25, 0.3) is 0 Å². The van der Waals surface area contributed by atoms with Gasteiger partial charge in [0.2, 0.25) is 0 Å². The largest absolute Gasteiger partial charge is 0.370 e. The summed E-state index contributed by atoms with van der Waals surface area (Å²) in [4.78, 5) is 10.6. The van der Waals surface area contributed by atoms with Gasteiger partial charge in [0.1, 0.15) is 11.6 Å². The Labute approximate surface area is 238 Å². The topological polar surface area (TPSA) is 95.5 Å². The van der Waals surface area contributed by atoms with Crippen molar-refractivity contribution in [3.63, 3.8) is 0 Å². The number of hydrogen-bond donors (Lipinski definition) is 7. The molecule has 0 aliphatic heterocycles. The summed E-state index contributed by atoms with van der Waals surface area (Å²) in [5.74, 6) is 2.09. The first-order valence-corrected chi connectivity index (χ1v) is 14.3. The number of benzene rings is 4. The van der Waals surface area contributed by atoms with Crippen molar-refractivity contribution in [3.05, 3.63) is 84.9 Å². The Balaban J connectivity index is 1.22. The minimum Gasteiger partial charge on any atom is -0.370 e. The van der Waals surface area contributed by atoms with Gasteiger partial charge < -0.3 is 36.2 Å². The van der Waals surface area contributed by atoms with Crippen LogP contribution in [0.1, 0.15) is 0 Å². The van der Waals surface area contributed by atoms with E-state index >= 15 is 0 Å². The van der Waals surface area contributed by atoms with Gasteiger partial charge in [-0.1, -0.05) is 24.3 Å². The fourth-order valence-electron chi connectivity index (χ4n) is 5.72. The van der Waals surface area contributed by atoms with Gasteiger partial charge in [-0.3, -0.25) is 0 Å². The Kier molecular flexibility index (Phi) is 6.59. The Morgan fingerprint density at radius 3 is 1.29 bits per heavy atom. The summed E-state index contributed by atoms with van der Waals surface area (Å²) in [6, 6.07) is 31.1. The number of H-pyrrole nitrogens is 3. The zero-order chi connectivity index (χ0) is 27.8. The molecule has 0 spiro atoms. The molecule has 3 heterocycles. The fourth-order valence-corrected chi connectivity index (χ4v) is 5.72. The van der Waals surface area contributed by atoms with Gasteiger partial charge in [0, 0.05) is 69.8 Å². The summed E-state index contributed by atoms with van der Waals surface area (Å²) >= 11 is 0. The first-order valence-electron chi connectivity index (χ1n) is 14.3. The van der Waals surface area contributed by atoms with Crippen molar-refractivity contribution >= 4 is 55.2 Å². The van der Waals surface area contributed by atoms with Gasteiger partial charge in [0.15, 0.2) is 0 Å². The Morgan fingerprint density at radius 2 is 0.854 bits per heavy atom. The molecular formula is C34H35N7. The first kappa shape index (κ1) is 25.3. The van der Waals surface area contributed by atoms with Crippen LogP contribution in [0.4, 0.5) is 11.6 Å². The number of likely N-dealkylation sites (N-methyl/N-ethyl adjacent to an activating group) is 2. The SMILES string of the molecule is CNCCNc1cc2cc(-c3ccc4[nH]c5ccc(-c6ccc7[nH]c(NCCNC)cc7c6)cc5c4c3)ccc2[nH]1. The van der Waals surface area contributed by atoms with Gasteiger partial charge in [-0.25, -0.2) is 0 Å². The van der Waals surface area contributed by atoms with Crippen molar-refractivity contribution < 1.29 is 0 Å². The summed E-state index contributed by atoms with van der Waals surface area (Å²) in [6.07, 6.45) is 0. The van der Waals surface area contributed by atoms with E-state index in [4.69, 9.17) is 0 Å². The highest BCUT2D eigenvalue weighted by atomic mass is 15.0. The highest BCUT2D eigenvalue weighted by Gasteiger charge is 2.11. The van der Waals surface area contributed by atoms with E-state index in [0.717, 1.165) is 59.9 Å². The standard InChI is InChI=1S/C34H35N7/c1-35-11-13-37-33-19-25-15-21(3-7-29(25)40-33)23-5-9-31-27(17-23)28-18-24(6-10-32(28)39-31)22-4-8-30-26(16-22)20-34(41-30)38-14-12-36-2/h3-10,15-20,35-41H,11-14H2,1-2H3. The lowest BCUT2D eigenvalue weighted by Gasteiger charge is -2.04. The molecule has 7 heteroatoms. The monoisotopic (exact) mass is 541 g/mol. The van der Waals surface area contributed by atoms with Crippen LogP contribution in [0.5, 0.6) is 0 Å². The molecule has 0 amide bonds. The molecule has 0 radical (unpaired) electrons. The normalized spacial score (nSPS) is 11.8. The van der Waals surface area contributed by atoms with E-state index in [-0.39, 0.29) is 0 Å². The molecule has 4 aromatic carbocycles. The highest BCUT2D eigenvalue weighted by Crippen LogP contribution is 2.35. The van der Waals surface area contributed by atoms with Crippen LogP contribution in [0.25, 0.3) is 65.9 Å². The number of aromatic nitrogens is 3. The van der Waals surface area contributed by atoms with Crippen LogP contribution in [0, 0.1) is 0 Å². The summed E-state index contributed by atoms with van der Waals surface area (Å²) in [7, 11) is 3.93. The summed E-state index contributed by atoms with van der Waals surface area (Å²) in [6.45, 7) is 3.60. The van der Waals surface area contributed by atoms with Crippen LogP contribution < -0.4 is 21.3 Å². The number of hydrogen-bond acceptors (Lipinski definition) is 4. The van der Waals surface area contributed by atoms with Gasteiger partial charge in [-0.05, 0) is 97.0 Å². The van der Waals surface area contributed by atoms with Crippen LogP contribution in [0.2, 0.25) is 0 Å². The van der Waals surface area contributed by atoms with Gasteiger partial charge in [0.05, 0.1) is 0 Å². The van der Waals surface area contributed by atoms with Crippen LogP contribution in [0.15, 0.2) is 84.9 Å². The molecule has 7 N–H and O–H groups in total. The molecule has 206 valence electrons. The maximum Gasteiger partial charge on any atom is 0.104 e. The second kappa shape index (κ2) is 10.7. The third kappa shape index (κ3) is 4.90. The molecule has 0 aliphatic carbocycles. The van der Waals surface area contributed by atoms with E-state index in [1.54, 1.807) is 0 Å². The Morgan fingerprint density at radius 1 is 0.439 bits per heavy atom. The minimum absolute atomic E-state index is 0.879. The van der Waals surface area contributed by atoms with E-state index < -0.39 is 0 Å². The lowest BCUT2D eigenvalue weighted by molar-refractivity contribution is 0.822. The highest BCUT2D eigenvalue weighted by molar-refractivity contribution is 6.10. The molecule has 7 nitrogen and oxygen atoms in total. The Hall–Kier alpha value is -4.72. The maximum absolute atomic E-state index is 3.61. The molecule has 41 heavy (non-hydrogen) atoms. The molecule has 0 saturated carbocycles. The predicted molar refractivity (Wildman–Crippen MR) is 175 cm³/mol. The molecule has 0 atom stereocenters. The summed E-state index contributed by atoms with van der Waals surface area (Å²) < 4.78 is 0. The average molecular weight is 542 g/mol. The molecule has 7 rings (SSSR count). The molecule has 3 aromatic heterocycles. The lowest BCUT2D eigenvalue weighted by Crippen LogP contribution is -2.17. The molecule has 0 bridgehead atoms. The van der Waals surface area contributed by atoms with Crippen LogP contribution >= 0.6 is 0 Å². The van der Waals surface area contributed by atoms with E-state index in [0.29, 0.717) is 0 Å². The van der Waals surface area contributed by atoms with Crippen molar-refractivity contribution in [2.45, 2.75) is 0 Å². The van der Waals surface area contributed by atoms with Crippen molar-refractivity contribution in [1.82, 2.24) is 25.6 Å². The summed E-state index contributed by atoms with van der Waals surface area (Å²) in [5, 5.41) is 18.1. The molecular weight excluding hydrogens is 506 g/mol. The maximum atomic E-state index is 3.61. The molecule has 0 aliphatic rings. The molecule has 0 saturated heterocycles. The van der Waals surface area contributed by atoms with E-state index in [9.17, 15) is 0 Å². The van der Waals surface area contributed by atoms with E-state index in [2.05, 4.69) is 121 Å². The predicted octanol–water partition coefficient (Wildman–Crippen LogP) is 6.88. The molecule has 7 aromatic rings. The molecule has 0 unspecified atom stereocenters. The number of aromatic amines is 3. The van der Waals surface area contributed by atoms with Crippen molar-refractivity contribution in [2.24, 2.45) is 0 Å². The smallest absolute Gasteiger partial charge is 0.104 e. The van der Waals surface area contributed by atoms with Crippen LogP contribution in [0.3, 0.4) is 0 Å². The summed E-state index contributed by atoms with van der Waals surface area (Å²) in [5.41, 5.74) is 9.42. The van der Waals surface area contributed by atoms with Crippen molar-refractivity contribution in [2.75, 3.05) is 50.9 Å². The van der Waals surface area contributed by atoms with E-state index in [1.807, 2.05) is 14.1 Å². The number of anilines is 2. The average Bonchev–Trinajstić information content (AvgIpc) is 3.70. The van der Waals surface area contributed by atoms with Crippen LogP contribution in [-0.2, 0) is 0 Å². The van der Waals surface area contributed by atoms with Crippen LogP contribution in [-0.4, -0.2) is 55.2 Å². The molecule has 0 fully saturated rings. The van der Waals surface area contributed by atoms with Crippen molar-refractivity contribution in [1.29, 1.82) is 0 Å². The second-order valence-electron chi connectivity index (χ2n) is 10.7. The Bertz CT molecular complexity index is 1850. The zero-order valence-corrected chi connectivity index (χ0v) is 23.4. The van der Waals surface area contributed by atoms with E-state index in [1.165, 1.54) is 43.8 Å². The lowest BCUT2D eigenvalue weighted by atomic mass is 9.99. The third-order valence-corrected chi connectivity index (χ3v) is 7.89. The number of rotatable bonds is 10. The van der Waals surface area contributed by atoms with Gasteiger partial charge >= 0.3 is 0 Å². The number of fused-ring (bicyclic) bond motifs is 5. The van der Waals surface area contributed by atoms with Gasteiger partial charge in [-0.15, -0.1) is 0 Å². The second-order valence-corrected chi connectivity index (χ2v) is 10.7. The number of nitrogens with one attached hydrogen (secondary N) is 7. The fraction of sp³-hybridized carbons (Fsp3) is 0.176. The first-order chi connectivity index (χ1) is 20.2. The van der Waals surface area contributed by atoms with Crippen molar-refractivity contribution in [3.8, 4) is 22.3 Å². The quantitative estimate of drug-likeness (QED) is 0.0961. The third-order valence-electron chi connectivity index (χ3n) is 7.89.